The molecular formula is C17H14BrClN2O4S. The lowest BCUT2D eigenvalue weighted by Gasteiger charge is -2.12. The van der Waals surface area contributed by atoms with Crippen LogP contribution >= 0.6 is 27.5 Å². The van der Waals surface area contributed by atoms with Crippen molar-refractivity contribution in [1.29, 1.82) is 0 Å². The zero-order chi connectivity index (χ0) is 18.9. The van der Waals surface area contributed by atoms with E-state index in [4.69, 9.17) is 16.7 Å². The SMILES string of the molecule is O=C(O)CCCc1cc2nc(Cl)ccc2n1S(=O)(=O)c1cccc(Br)c1. The molecule has 1 aromatic carbocycles. The van der Waals surface area contributed by atoms with E-state index in [1.807, 2.05) is 0 Å². The van der Waals surface area contributed by atoms with E-state index in [1.54, 1.807) is 24.3 Å². The summed E-state index contributed by atoms with van der Waals surface area (Å²) in [6, 6.07) is 11.2. The molecule has 0 saturated heterocycles. The fourth-order valence-electron chi connectivity index (χ4n) is 2.70. The normalized spacial score (nSPS) is 11.8. The maximum absolute atomic E-state index is 13.2. The van der Waals surface area contributed by atoms with E-state index in [1.165, 1.54) is 22.2 Å². The van der Waals surface area contributed by atoms with Crippen LogP contribution in [-0.4, -0.2) is 28.5 Å². The number of rotatable bonds is 6. The smallest absolute Gasteiger partial charge is 0.303 e. The van der Waals surface area contributed by atoms with Gasteiger partial charge in [-0.3, -0.25) is 4.79 Å². The highest BCUT2D eigenvalue weighted by molar-refractivity contribution is 9.10. The lowest BCUT2D eigenvalue weighted by atomic mass is 10.2. The molecule has 26 heavy (non-hydrogen) atoms. The van der Waals surface area contributed by atoms with Crippen molar-refractivity contribution in [1.82, 2.24) is 8.96 Å². The van der Waals surface area contributed by atoms with E-state index in [-0.39, 0.29) is 22.9 Å². The molecule has 0 amide bonds. The average molecular weight is 458 g/mol. The third-order valence-electron chi connectivity index (χ3n) is 3.81. The van der Waals surface area contributed by atoms with E-state index < -0.39 is 16.0 Å². The molecule has 0 fully saturated rings. The second-order valence-electron chi connectivity index (χ2n) is 5.65. The highest BCUT2D eigenvalue weighted by atomic mass is 79.9. The molecule has 0 aliphatic rings. The quantitative estimate of drug-likeness (QED) is 0.563. The van der Waals surface area contributed by atoms with Gasteiger partial charge in [-0.2, -0.15) is 0 Å². The number of aryl methyl sites for hydroxylation is 1. The molecule has 0 saturated carbocycles. The Balaban J connectivity index is 2.17. The highest BCUT2D eigenvalue weighted by Crippen LogP contribution is 2.28. The number of aromatic nitrogens is 2. The predicted molar refractivity (Wildman–Crippen MR) is 102 cm³/mol. The minimum absolute atomic E-state index is 0.0490. The molecular weight excluding hydrogens is 444 g/mol. The van der Waals surface area contributed by atoms with Gasteiger partial charge in [0.15, 0.2) is 0 Å². The monoisotopic (exact) mass is 456 g/mol. The van der Waals surface area contributed by atoms with Crippen LogP contribution in [0.3, 0.4) is 0 Å². The van der Waals surface area contributed by atoms with E-state index >= 15 is 0 Å². The predicted octanol–water partition coefficient (Wildman–Crippen LogP) is 4.10. The number of aliphatic carboxylic acids is 1. The molecule has 1 N–H and O–H groups in total. The van der Waals surface area contributed by atoms with Gasteiger partial charge in [0.25, 0.3) is 10.0 Å². The lowest BCUT2D eigenvalue weighted by molar-refractivity contribution is -0.137. The van der Waals surface area contributed by atoms with Crippen LogP contribution < -0.4 is 0 Å². The first-order valence-corrected chi connectivity index (χ1v) is 10.3. The van der Waals surface area contributed by atoms with Gasteiger partial charge in [0.2, 0.25) is 0 Å². The standard InChI is InChI=1S/C17H14BrClN2O4S/c18-11-3-1-5-13(9-11)26(24,25)21-12(4-2-6-17(22)23)10-14-15(21)7-8-16(19)20-14/h1,3,5,7-10H,2,4,6H2,(H,22,23). The van der Waals surface area contributed by atoms with Crippen LogP contribution in [0.1, 0.15) is 18.5 Å². The molecule has 0 unspecified atom stereocenters. The molecule has 3 aromatic rings. The maximum Gasteiger partial charge on any atom is 0.303 e. The molecule has 3 rings (SSSR count). The van der Waals surface area contributed by atoms with Crippen molar-refractivity contribution >= 4 is 54.6 Å². The van der Waals surface area contributed by atoms with Crippen molar-refractivity contribution < 1.29 is 18.3 Å². The van der Waals surface area contributed by atoms with Crippen molar-refractivity contribution in [3.05, 3.63) is 57.8 Å². The summed E-state index contributed by atoms with van der Waals surface area (Å²) in [5.41, 5.74) is 1.32. The number of benzene rings is 1. The van der Waals surface area contributed by atoms with Crippen molar-refractivity contribution in [2.75, 3.05) is 0 Å². The first-order valence-electron chi connectivity index (χ1n) is 7.69. The number of hydrogen-bond donors (Lipinski definition) is 1. The first-order chi connectivity index (χ1) is 12.3. The van der Waals surface area contributed by atoms with Crippen molar-refractivity contribution in [2.24, 2.45) is 0 Å². The number of carbonyl (C=O) groups is 1. The topological polar surface area (TPSA) is 89.3 Å². The number of carboxylic acids is 1. The summed E-state index contributed by atoms with van der Waals surface area (Å²) >= 11 is 9.21. The zero-order valence-corrected chi connectivity index (χ0v) is 16.6. The van der Waals surface area contributed by atoms with Gasteiger partial charge < -0.3 is 5.11 Å². The Morgan fingerprint density at radius 3 is 2.69 bits per heavy atom. The largest absolute Gasteiger partial charge is 0.481 e. The Hall–Kier alpha value is -1.90. The van der Waals surface area contributed by atoms with Gasteiger partial charge in [-0.1, -0.05) is 33.6 Å². The molecule has 0 aliphatic carbocycles. The zero-order valence-electron chi connectivity index (χ0n) is 13.4. The summed E-state index contributed by atoms with van der Waals surface area (Å²) in [5.74, 6) is -0.927. The summed E-state index contributed by atoms with van der Waals surface area (Å²) in [4.78, 5) is 15.1. The number of carboxylic acid groups (broad SMARTS) is 1. The fraction of sp³-hybridized carbons (Fsp3) is 0.176. The van der Waals surface area contributed by atoms with Gasteiger partial charge in [0, 0.05) is 16.6 Å². The first kappa shape index (κ1) is 18.9. The van der Waals surface area contributed by atoms with Gasteiger partial charge in [-0.15, -0.1) is 0 Å². The van der Waals surface area contributed by atoms with Gasteiger partial charge >= 0.3 is 5.97 Å². The van der Waals surface area contributed by atoms with Crippen LogP contribution in [0.4, 0.5) is 0 Å². The summed E-state index contributed by atoms with van der Waals surface area (Å²) in [7, 11) is -3.88. The molecule has 0 bridgehead atoms. The summed E-state index contributed by atoms with van der Waals surface area (Å²) in [5, 5.41) is 9.10. The van der Waals surface area contributed by atoms with Crippen LogP contribution in [-0.2, 0) is 21.2 Å². The highest BCUT2D eigenvalue weighted by Gasteiger charge is 2.24. The molecule has 0 radical (unpaired) electrons. The lowest BCUT2D eigenvalue weighted by Crippen LogP contribution is -2.16. The van der Waals surface area contributed by atoms with Crippen LogP contribution in [0.25, 0.3) is 11.0 Å². The van der Waals surface area contributed by atoms with E-state index in [9.17, 15) is 13.2 Å². The second-order valence-corrected chi connectivity index (χ2v) is 8.74. The molecule has 0 atom stereocenters. The van der Waals surface area contributed by atoms with Gasteiger partial charge in [-0.25, -0.2) is 17.4 Å². The second kappa shape index (κ2) is 7.38. The van der Waals surface area contributed by atoms with Crippen LogP contribution in [0.15, 0.2) is 51.8 Å². The van der Waals surface area contributed by atoms with Gasteiger partial charge in [0.05, 0.1) is 15.9 Å². The molecule has 2 aromatic heterocycles. The molecule has 9 heteroatoms. The number of halogens is 2. The third-order valence-corrected chi connectivity index (χ3v) is 6.27. The Morgan fingerprint density at radius 1 is 1.23 bits per heavy atom. The van der Waals surface area contributed by atoms with Crippen LogP contribution in [0.2, 0.25) is 5.15 Å². The molecule has 2 heterocycles. The Morgan fingerprint density at radius 2 is 2.00 bits per heavy atom. The third kappa shape index (κ3) is 3.77. The van der Waals surface area contributed by atoms with E-state index in [0.717, 1.165) is 0 Å². The number of pyridine rings is 1. The minimum atomic E-state index is -3.88. The summed E-state index contributed by atoms with van der Waals surface area (Å²) in [6.45, 7) is 0. The van der Waals surface area contributed by atoms with Crippen molar-refractivity contribution in [2.45, 2.75) is 24.2 Å². The minimum Gasteiger partial charge on any atom is -0.481 e. The summed E-state index contributed by atoms with van der Waals surface area (Å²) < 4.78 is 28.3. The van der Waals surface area contributed by atoms with E-state index in [0.29, 0.717) is 27.6 Å². The van der Waals surface area contributed by atoms with Crippen LogP contribution in [0, 0.1) is 0 Å². The Labute approximate surface area is 163 Å². The number of nitrogens with zero attached hydrogens (tertiary/aromatic N) is 2. The van der Waals surface area contributed by atoms with E-state index in [2.05, 4.69) is 20.9 Å². The maximum atomic E-state index is 13.2. The van der Waals surface area contributed by atoms with Crippen molar-refractivity contribution in [3.63, 3.8) is 0 Å². The van der Waals surface area contributed by atoms with Crippen LogP contribution in [0.5, 0.6) is 0 Å². The van der Waals surface area contributed by atoms with Gasteiger partial charge in [-0.05, 0) is 49.2 Å². The average Bonchev–Trinajstić information content (AvgIpc) is 2.92. The molecule has 136 valence electrons. The Bertz CT molecular complexity index is 1100. The van der Waals surface area contributed by atoms with Crippen molar-refractivity contribution in [3.8, 4) is 0 Å². The molecule has 6 nitrogen and oxygen atoms in total. The molecule has 0 aliphatic heterocycles. The Kier molecular flexibility index (Phi) is 5.36. The number of hydrogen-bond acceptors (Lipinski definition) is 4. The molecule has 0 spiro atoms. The summed E-state index contributed by atoms with van der Waals surface area (Å²) in [6.07, 6.45) is 0.549. The number of fused-ring (bicyclic) bond motifs is 1. The van der Waals surface area contributed by atoms with Gasteiger partial charge in [0.1, 0.15) is 5.15 Å². The fourth-order valence-corrected chi connectivity index (χ4v) is 5.01.